The van der Waals surface area contributed by atoms with Crippen molar-refractivity contribution in [3.63, 3.8) is 0 Å². The lowest BCUT2D eigenvalue weighted by atomic mass is 9.81. The maximum absolute atomic E-state index is 10.2. The van der Waals surface area contributed by atoms with Crippen LogP contribution in [-0.4, -0.2) is 19.3 Å². The first kappa shape index (κ1) is 12.7. The van der Waals surface area contributed by atoms with Crippen molar-refractivity contribution in [1.29, 1.82) is 0 Å². The van der Waals surface area contributed by atoms with E-state index >= 15 is 0 Å². The van der Waals surface area contributed by atoms with E-state index in [4.69, 9.17) is 9.47 Å². The Morgan fingerprint density at radius 3 is 2.53 bits per heavy atom. The SMILES string of the molecule is COc1cc(Br)c2c(c1OC)[C@@H](O)CCC2C. The average Bonchev–Trinajstić information content (AvgIpc) is 2.32. The molecule has 17 heavy (non-hydrogen) atoms. The van der Waals surface area contributed by atoms with Gasteiger partial charge in [0, 0.05) is 10.0 Å². The molecule has 0 spiro atoms. The molecule has 94 valence electrons. The summed E-state index contributed by atoms with van der Waals surface area (Å²) in [5.41, 5.74) is 2.01. The van der Waals surface area contributed by atoms with Gasteiger partial charge in [0.2, 0.25) is 0 Å². The van der Waals surface area contributed by atoms with E-state index in [-0.39, 0.29) is 0 Å². The van der Waals surface area contributed by atoms with Crippen LogP contribution in [0.5, 0.6) is 11.5 Å². The summed E-state index contributed by atoms with van der Waals surface area (Å²) in [7, 11) is 3.22. The Kier molecular flexibility index (Phi) is 3.64. The standard InChI is InChI=1S/C13H17BrO3/c1-7-4-5-9(15)12-11(7)8(14)6-10(16-2)13(12)17-3/h6-7,9,15H,4-5H2,1-3H3/t7?,9-/m0/s1. The second kappa shape index (κ2) is 4.86. The van der Waals surface area contributed by atoms with Gasteiger partial charge in [-0.1, -0.05) is 22.9 Å². The molecule has 4 heteroatoms. The van der Waals surface area contributed by atoms with Crippen LogP contribution >= 0.6 is 15.9 Å². The molecule has 0 radical (unpaired) electrons. The van der Waals surface area contributed by atoms with Crippen molar-refractivity contribution in [2.24, 2.45) is 0 Å². The smallest absolute Gasteiger partial charge is 0.166 e. The maximum Gasteiger partial charge on any atom is 0.166 e. The van der Waals surface area contributed by atoms with Gasteiger partial charge in [-0.3, -0.25) is 0 Å². The number of fused-ring (bicyclic) bond motifs is 1. The van der Waals surface area contributed by atoms with Crippen LogP contribution in [0.3, 0.4) is 0 Å². The Morgan fingerprint density at radius 1 is 1.24 bits per heavy atom. The minimum Gasteiger partial charge on any atom is -0.493 e. The molecule has 0 heterocycles. The molecule has 2 rings (SSSR count). The predicted octanol–water partition coefficient (Wildman–Crippen LogP) is 3.40. The number of ether oxygens (including phenoxy) is 2. The van der Waals surface area contributed by atoms with Crippen molar-refractivity contribution >= 4 is 15.9 Å². The zero-order valence-corrected chi connectivity index (χ0v) is 11.9. The summed E-state index contributed by atoms with van der Waals surface area (Å²) in [5.74, 6) is 1.73. The Morgan fingerprint density at radius 2 is 1.94 bits per heavy atom. The third kappa shape index (κ3) is 2.04. The van der Waals surface area contributed by atoms with Crippen LogP contribution in [0.1, 0.15) is 42.9 Å². The molecule has 0 aliphatic heterocycles. The van der Waals surface area contributed by atoms with E-state index in [0.29, 0.717) is 17.4 Å². The zero-order chi connectivity index (χ0) is 12.6. The van der Waals surface area contributed by atoms with Crippen LogP contribution in [0.2, 0.25) is 0 Å². The summed E-state index contributed by atoms with van der Waals surface area (Å²) in [5, 5.41) is 10.2. The second-order valence-corrected chi connectivity index (χ2v) is 5.27. The van der Waals surface area contributed by atoms with E-state index in [2.05, 4.69) is 22.9 Å². The molecular weight excluding hydrogens is 284 g/mol. The number of methoxy groups -OCH3 is 2. The molecule has 1 aromatic rings. The van der Waals surface area contributed by atoms with Crippen LogP contribution in [0.15, 0.2) is 10.5 Å². The largest absolute Gasteiger partial charge is 0.493 e. The van der Waals surface area contributed by atoms with Gasteiger partial charge in [-0.15, -0.1) is 0 Å². The number of aliphatic hydroxyl groups excluding tert-OH is 1. The van der Waals surface area contributed by atoms with Crippen molar-refractivity contribution in [3.05, 3.63) is 21.7 Å². The number of aliphatic hydroxyl groups is 1. The third-order valence-corrected chi connectivity index (χ3v) is 4.05. The fraction of sp³-hybridized carbons (Fsp3) is 0.538. The highest BCUT2D eigenvalue weighted by Gasteiger charge is 2.30. The number of benzene rings is 1. The molecule has 1 N–H and O–H groups in total. The van der Waals surface area contributed by atoms with Crippen molar-refractivity contribution in [3.8, 4) is 11.5 Å². The summed E-state index contributed by atoms with van der Waals surface area (Å²) >= 11 is 3.56. The van der Waals surface area contributed by atoms with Gasteiger partial charge in [0.1, 0.15) is 0 Å². The van der Waals surface area contributed by atoms with E-state index in [1.54, 1.807) is 14.2 Å². The lowest BCUT2D eigenvalue weighted by molar-refractivity contribution is 0.146. The third-order valence-electron chi connectivity index (χ3n) is 3.40. The maximum atomic E-state index is 10.2. The summed E-state index contributed by atoms with van der Waals surface area (Å²) < 4.78 is 11.7. The highest BCUT2D eigenvalue weighted by atomic mass is 79.9. The summed E-state index contributed by atoms with van der Waals surface area (Å²) in [6.07, 6.45) is 1.29. The quantitative estimate of drug-likeness (QED) is 0.910. The lowest BCUT2D eigenvalue weighted by Crippen LogP contribution is -2.15. The van der Waals surface area contributed by atoms with E-state index in [9.17, 15) is 5.11 Å². The van der Waals surface area contributed by atoms with E-state index in [1.807, 2.05) is 6.07 Å². The van der Waals surface area contributed by atoms with E-state index in [1.165, 1.54) is 0 Å². The van der Waals surface area contributed by atoms with Crippen LogP contribution in [-0.2, 0) is 0 Å². The average molecular weight is 301 g/mol. The normalized spacial score (nSPS) is 23.1. The van der Waals surface area contributed by atoms with Gasteiger partial charge in [0.25, 0.3) is 0 Å². The van der Waals surface area contributed by atoms with Gasteiger partial charge in [0.15, 0.2) is 11.5 Å². The molecule has 1 unspecified atom stereocenters. The molecule has 1 aromatic carbocycles. The molecule has 3 nitrogen and oxygen atoms in total. The Labute approximate surface area is 110 Å². The first-order valence-electron chi connectivity index (χ1n) is 5.72. The first-order chi connectivity index (χ1) is 8.10. The topological polar surface area (TPSA) is 38.7 Å². The molecule has 0 saturated carbocycles. The Hall–Kier alpha value is -0.740. The fourth-order valence-corrected chi connectivity index (χ4v) is 3.34. The molecule has 1 aliphatic rings. The molecule has 0 saturated heterocycles. The van der Waals surface area contributed by atoms with E-state index in [0.717, 1.165) is 28.4 Å². The minimum atomic E-state index is -0.470. The predicted molar refractivity (Wildman–Crippen MR) is 69.9 cm³/mol. The second-order valence-electron chi connectivity index (χ2n) is 4.42. The molecule has 2 atom stereocenters. The van der Waals surface area contributed by atoms with Gasteiger partial charge in [0.05, 0.1) is 20.3 Å². The van der Waals surface area contributed by atoms with Crippen LogP contribution in [0, 0.1) is 0 Å². The molecular formula is C13H17BrO3. The summed E-state index contributed by atoms with van der Waals surface area (Å²) in [6, 6.07) is 1.91. The number of rotatable bonds is 2. The van der Waals surface area contributed by atoms with Crippen LogP contribution < -0.4 is 9.47 Å². The number of hydrogen-bond donors (Lipinski definition) is 1. The molecule has 0 bridgehead atoms. The fourth-order valence-electron chi connectivity index (χ4n) is 2.53. The number of hydrogen-bond acceptors (Lipinski definition) is 3. The zero-order valence-electron chi connectivity index (χ0n) is 10.3. The Balaban J connectivity index is 2.70. The number of halogens is 1. The van der Waals surface area contributed by atoms with Crippen molar-refractivity contribution in [2.45, 2.75) is 31.8 Å². The lowest BCUT2D eigenvalue weighted by Gasteiger charge is -2.30. The summed E-state index contributed by atoms with van der Waals surface area (Å²) in [6.45, 7) is 2.17. The van der Waals surface area contributed by atoms with Crippen molar-refractivity contribution < 1.29 is 14.6 Å². The van der Waals surface area contributed by atoms with Crippen molar-refractivity contribution in [1.82, 2.24) is 0 Å². The van der Waals surface area contributed by atoms with Gasteiger partial charge < -0.3 is 14.6 Å². The molecule has 1 aliphatic carbocycles. The molecule has 0 amide bonds. The van der Waals surface area contributed by atoms with Crippen LogP contribution in [0.25, 0.3) is 0 Å². The Bertz CT molecular complexity index is 431. The van der Waals surface area contributed by atoms with Gasteiger partial charge in [-0.25, -0.2) is 0 Å². The van der Waals surface area contributed by atoms with E-state index < -0.39 is 6.10 Å². The highest BCUT2D eigenvalue weighted by Crippen LogP contribution is 2.49. The molecule has 0 aromatic heterocycles. The molecule has 0 fully saturated rings. The summed E-state index contributed by atoms with van der Waals surface area (Å²) in [4.78, 5) is 0. The monoisotopic (exact) mass is 300 g/mol. The van der Waals surface area contributed by atoms with Gasteiger partial charge >= 0.3 is 0 Å². The van der Waals surface area contributed by atoms with Gasteiger partial charge in [-0.2, -0.15) is 0 Å². The first-order valence-corrected chi connectivity index (χ1v) is 6.51. The minimum absolute atomic E-state index is 0.419. The highest BCUT2D eigenvalue weighted by molar-refractivity contribution is 9.10. The van der Waals surface area contributed by atoms with Gasteiger partial charge in [-0.05, 0) is 30.4 Å². The van der Waals surface area contributed by atoms with Crippen molar-refractivity contribution in [2.75, 3.05) is 14.2 Å². The van der Waals surface area contributed by atoms with Crippen LogP contribution in [0.4, 0.5) is 0 Å².